The van der Waals surface area contributed by atoms with Gasteiger partial charge in [0.1, 0.15) is 11.9 Å². The fourth-order valence-electron chi connectivity index (χ4n) is 3.32. The summed E-state index contributed by atoms with van der Waals surface area (Å²) in [6.45, 7) is 2.78. The van der Waals surface area contributed by atoms with E-state index in [2.05, 4.69) is 28.2 Å². The Morgan fingerprint density at radius 1 is 1.00 bits per heavy atom. The Morgan fingerprint density at radius 2 is 1.71 bits per heavy atom. The Kier molecular flexibility index (Phi) is 5.35. The molecule has 28 heavy (non-hydrogen) atoms. The zero-order valence-corrected chi connectivity index (χ0v) is 17.1. The molecule has 1 aliphatic heterocycles. The molecule has 1 N–H and O–H groups in total. The third-order valence-electron chi connectivity index (χ3n) is 4.70. The number of rotatable bonds is 5. The van der Waals surface area contributed by atoms with Crippen LogP contribution in [0, 0.1) is 0 Å². The number of fused-ring (bicyclic) bond motifs is 1. The van der Waals surface area contributed by atoms with E-state index in [9.17, 15) is 4.79 Å². The molecule has 0 spiro atoms. The largest absolute Gasteiger partial charge is 0.494 e. The molecule has 4 rings (SSSR count). The number of anilines is 2. The van der Waals surface area contributed by atoms with Gasteiger partial charge < -0.3 is 10.1 Å². The summed E-state index contributed by atoms with van der Waals surface area (Å²) in [5.41, 5.74) is 3.35. The molecule has 3 aromatic carbocycles. The molecule has 5 heteroatoms. The van der Waals surface area contributed by atoms with E-state index >= 15 is 0 Å². The van der Waals surface area contributed by atoms with Gasteiger partial charge in [0.05, 0.1) is 12.2 Å². The normalized spacial score (nSPS) is 15.7. The zero-order valence-electron chi connectivity index (χ0n) is 15.6. The lowest BCUT2D eigenvalue weighted by molar-refractivity contribution is 0.0975. The average Bonchev–Trinajstić information content (AvgIpc) is 2.73. The number of ether oxygens (including phenoxy) is 1. The van der Waals surface area contributed by atoms with Crippen molar-refractivity contribution in [1.29, 1.82) is 0 Å². The number of halogens is 1. The highest BCUT2D eigenvalue weighted by Crippen LogP contribution is 2.37. The second kappa shape index (κ2) is 8.07. The summed E-state index contributed by atoms with van der Waals surface area (Å²) in [5.74, 6) is 0.816. The van der Waals surface area contributed by atoms with E-state index in [1.165, 1.54) is 0 Å². The molecule has 1 heterocycles. The summed E-state index contributed by atoms with van der Waals surface area (Å²) in [7, 11) is 0. The van der Waals surface area contributed by atoms with Crippen molar-refractivity contribution in [3.63, 3.8) is 0 Å². The van der Waals surface area contributed by atoms with E-state index in [4.69, 9.17) is 4.74 Å². The Bertz CT molecular complexity index is 971. The average molecular weight is 437 g/mol. The molecule has 3 aromatic rings. The minimum Gasteiger partial charge on any atom is -0.494 e. The number of hydrogen-bond donors (Lipinski definition) is 1. The summed E-state index contributed by atoms with van der Waals surface area (Å²) < 4.78 is 6.67. The quantitative estimate of drug-likeness (QED) is 0.532. The summed E-state index contributed by atoms with van der Waals surface area (Å²) in [4.78, 5) is 15.1. The highest BCUT2D eigenvalue weighted by Gasteiger charge is 2.33. The first kappa shape index (κ1) is 18.6. The van der Waals surface area contributed by atoms with Gasteiger partial charge in [-0.1, -0.05) is 47.1 Å². The number of benzene rings is 3. The maximum Gasteiger partial charge on any atom is 0.262 e. The van der Waals surface area contributed by atoms with Crippen LogP contribution in [0.3, 0.4) is 0 Å². The van der Waals surface area contributed by atoms with Gasteiger partial charge in [0, 0.05) is 15.8 Å². The lowest BCUT2D eigenvalue weighted by Gasteiger charge is -2.38. The van der Waals surface area contributed by atoms with E-state index in [1.54, 1.807) is 4.90 Å². The van der Waals surface area contributed by atoms with Gasteiger partial charge in [-0.15, -0.1) is 0 Å². The Balaban J connectivity index is 1.74. The number of para-hydroxylation sites is 1. The van der Waals surface area contributed by atoms with Crippen molar-refractivity contribution >= 4 is 33.2 Å². The highest BCUT2D eigenvalue weighted by atomic mass is 79.9. The third-order valence-corrected chi connectivity index (χ3v) is 5.23. The lowest BCUT2D eigenvalue weighted by atomic mass is 10.0. The van der Waals surface area contributed by atoms with Crippen molar-refractivity contribution < 1.29 is 9.53 Å². The van der Waals surface area contributed by atoms with E-state index in [-0.39, 0.29) is 12.1 Å². The molecule has 4 nitrogen and oxygen atoms in total. The van der Waals surface area contributed by atoms with Crippen molar-refractivity contribution in [2.45, 2.75) is 19.5 Å². The highest BCUT2D eigenvalue weighted by molar-refractivity contribution is 9.10. The van der Waals surface area contributed by atoms with Crippen LogP contribution in [0.2, 0.25) is 0 Å². The number of nitrogens with zero attached hydrogens (tertiary/aromatic N) is 1. The van der Waals surface area contributed by atoms with Gasteiger partial charge in [-0.25, -0.2) is 0 Å². The number of carbonyl (C=O) groups is 1. The van der Waals surface area contributed by atoms with Crippen LogP contribution in [0.1, 0.15) is 35.4 Å². The molecule has 142 valence electrons. The molecule has 1 amide bonds. The van der Waals surface area contributed by atoms with Gasteiger partial charge in [0.2, 0.25) is 0 Å². The summed E-state index contributed by atoms with van der Waals surface area (Å²) in [5, 5.41) is 3.52. The van der Waals surface area contributed by atoms with E-state index in [0.29, 0.717) is 12.2 Å². The second-order valence-electron chi connectivity index (χ2n) is 6.66. The molecule has 1 unspecified atom stereocenters. The molecule has 0 aliphatic carbocycles. The fraction of sp³-hybridized carbons (Fsp3) is 0.174. The van der Waals surface area contributed by atoms with Gasteiger partial charge in [-0.05, 0) is 60.5 Å². The number of hydrogen-bond acceptors (Lipinski definition) is 3. The summed E-state index contributed by atoms with van der Waals surface area (Å²) >= 11 is 3.47. The van der Waals surface area contributed by atoms with Crippen molar-refractivity contribution in [2.75, 3.05) is 16.8 Å². The van der Waals surface area contributed by atoms with Crippen LogP contribution in [-0.4, -0.2) is 12.5 Å². The van der Waals surface area contributed by atoms with Crippen LogP contribution < -0.4 is 15.0 Å². The van der Waals surface area contributed by atoms with Gasteiger partial charge in [0.25, 0.3) is 5.91 Å². The molecular weight excluding hydrogens is 416 g/mol. The molecule has 0 fully saturated rings. The predicted molar refractivity (Wildman–Crippen MR) is 116 cm³/mol. The van der Waals surface area contributed by atoms with Crippen LogP contribution in [0.4, 0.5) is 11.4 Å². The van der Waals surface area contributed by atoms with Crippen LogP contribution in [0.5, 0.6) is 5.75 Å². The van der Waals surface area contributed by atoms with E-state index < -0.39 is 0 Å². The van der Waals surface area contributed by atoms with Crippen molar-refractivity contribution in [2.24, 2.45) is 0 Å². The van der Waals surface area contributed by atoms with E-state index in [0.717, 1.165) is 33.6 Å². The van der Waals surface area contributed by atoms with Gasteiger partial charge in [-0.3, -0.25) is 9.69 Å². The first-order valence-electron chi connectivity index (χ1n) is 9.35. The van der Waals surface area contributed by atoms with Crippen LogP contribution in [0.15, 0.2) is 77.3 Å². The van der Waals surface area contributed by atoms with Gasteiger partial charge >= 0.3 is 0 Å². The molecule has 0 saturated carbocycles. The Morgan fingerprint density at radius 3 is 2.43 bits per heavy atom. The maximum atomic E-state index is 13.3. The Hall–Kier alpha value is -2.79. The number of carbonyl (C=O) groups excluding carboxylic acids is 1. The molecule has 0 bridgehead atoms. The van der Waals surface area contributed by atoms with Crippen LogP contribution in [-0.2, 0) is 0 Å². The molecule has 0 saturated heterocycles. The smallest absolute Gasteiger partial charge is 0.262 e. The van der Waals surface area contributed by atoms with Crippen LogP contribution in [0.25, 0.3) is 0 Å². The fourth-order valence-corrected chi connectivity index (χ4v) is 3.59. The maximum absolute atomic E-state index is 13.3. The monoisotopic (exact) mass is 436 g/mol. The zero-order chi connectivity index (χ0) is 19.5. The minimum atomic E-state index is -0.302. The third kappa shape index (κ3) is 3.62. The van der Waals surface area contributed by atoms with Crippen molar-refractivity contribution in [3.05, 3.63) is 88.4 Å². The number of amides is 1. The first-order chi connectivity index (χ1) is 13.7. The first-order valence-corrected chi connectivity index (χ1v) is 10.1. The molecule has 0 radical (unpaired) electrons. The van der Waals surface area contributed by atoms with Crippen molar-refractivity contribution in [1.82, 2.24) is 0 Å². The van der Waals surface area contributed by atoms with Gasteiger partial charge in [-0.2, -0.15) is 0 Å². The number of nitrogens with one attached hydrogen (secondary N) is 1. The predicted octanol–water partition coefficient (Wildman–Crippen LogP) is 6.01. The molecule has 1 atom stereocenters. The lowest BCUT2D eigenvalue weighted by Crippen LogP contribution is -2.43. The molecule has 0 aromatic heterocycles. The SMILES string of the molecule is CCCOc1ccc(C2Nc3ccccc3C(=O)N2c2ccc(Br)cc2)cc1. The standard InChI is InChI=1S/C23H21BrN2O2/c1-2-15-28-19-13-7-16(8-14-19)22-25-21-6-4-3-5-20(21)23(27)26(22)18-11-9-17(24)10-12-18/h3-14,22,25H,2,15H2,1H3. The van der Waals surface area contributed by atoms with E-state index in [1.807, 2.05) is 72.8 Å². The topological polar surface area (TPSA) is 41.6 Å². The summed E-state index contributed by atoms with van der Waals surface area (Å²) in [6.07, 6.45) is 0.665. The van der Waals surface area contributed by atoms with Crippen molar-refractivity contribution in [3.8, 4) is 5.75 Å². The summed E-state index contributed by atoms with van der Waals surface area (Å²) in [6, 6.07) is 23.3. The van der Waals surface area contributed by atoms with Crippen LogP contribution >= 0.6 is 15.9 Å². The Labute approximate surface area is 173 Å². The minimum absolute atomic E-state index is 0.0204. The molecule has 1 aliphatic rings. The van der Waals surface area contributed by atoms with Gasteiger partial charge in [0.15, 0.2) is 0 Å². The second-order valence-corrected chi connectivity index (χ2v) is 7.58. The molecular formula is C23H21BrN2O2.